The van der Waals surface area contributed by atoms with Crippen molar-refractivity contribution in [3.63, 3.8) is 0 Å². The standard InChI is InChI=1S/C21H20N2O4S/c1-14(20(25)23-17-10-6-7-11-18(17)26-2)27-19(24)12-16-13-28-21(22-16)15-8-4-3-5-9-15/h3-11,13-14H,12H2,1-2H3,(H,23,25). The smallest absolute Gasteiger partial charge is 0.312 e. The summed E-state index contributed by atoms with van der Waals surface area (Å²) >= 11 is 1.46. The van der Waals surface area contributed by atoms with E-state index in [0.29, 0.717) is 17.1 Å². The summed E-state index contributed by atoms with van der Waals surface area (Å²) < 4.78 is 10.4. The number of anilines is 1. The highest BCUT2D eigenvalue weighted by atomic mass is 32.1. The van der Waals surface area contributed by atoms with Crippen LogP contribution in [0, 0.1) is 0 Å². The molecule has 3 rings (SSSR count). The van der Waals surface area contributed by atoms with Crippen molar-refractivity contribution in [1.29, 1.82) is 0 Å². The number of nitrogens with one attached hydrogen (secondary N) is 1. The Labute approximate surface area is 167 Å². The zero-order chi connectivity index (χ0) is 19.9. The second kappa shape index (κ2) is 9.14. The molecule has 28 heavy (non-hydrogen) atoms. The van der Waals surface area contributed by atoms with Crippen molar-refractivity contribution in [2.45, 2.75) is 19.4 Å². The van der Waals surface area contributed by atoms with Gasteiger partial charge in [-0.1, -0.05) is 42.5 Å². The Balaban J connectivity index is 1.56. The van der Waals surface area contributed by atoms with E-state index in [0.717, 1.165) is 10.6 Å². The molecule has 0 aliphatic rings. The van der Waals surface area contributed by atoms with Crippen LogP contribution in [-0.4, -0.2) is 30.1 Å². The molecule has 0 radical (unpaired) electrons. The fraction of sp³-hybridized carbons (Fsp3) is 0.190. The summed E-state index contributed by atoms with van der Waals surface area (Å²) in [6.45, 7) is 1.53. The van der Waals surface area contributed by atoms with Gasteiger partial charge in [0, 0.05) is 10.9 Å². The van der Waals surface area contributed by atoms with Crippen LogP contribution in [-0.2, 0) is 20.7 Å². The molecule has 1 atom stereocenters. The van der Waals surface area contributed by atoms with E-state index in [2.05, 4.69) is 10.3 Å². The number of benzene rings is 2. The van der Waals surface area contributed by atoms with Gasteiger partial charge in [0.05, 0.1) is 24.9 Å². The number of para-hydroxylation sites is 2. The maximum Gasteiger partial charge on any atom is 0.312 e. The van der Waals surface area contributed by atoms with Crippen LogP contribution in [0.5, 0.6) is 5.75 Å². The van der Waals surface area contributed by atoms with E-state index >= 15 is 0 Å². The SMILES string of the molecule is COc1ccccc1NC(=O)C(C)OC(=O)Cc1csc(-c2ccccc2)n1. The number of ether oxygens (including phenoxy) is 2. The van der Waals surface area contributed by atoms with Gasteiger partial charge in [-0.2, -0.15) is 0 Å². The van der Waals surface area contributed by atoms with Crippen molar-refractivity contribution < 1.29 is 19.1 Å². The molecule has 0 fully saturated rings. The number of aromatic nitrogens is 1. The Morgan fingerprint density at radius 3 is 2.57 bits per heavy atom. The summed E-state index contributed by atoms with van der Waals surface area (Å²) in [5, 5.41) is 5.36. The highest BCUT2D eigenvalue weighted by molar-refractivity contribution is 7.13. The van der Waals surface area contributed by atoms with E-state index in [9.17, 15) is 9.59 Å². The molecule has 3 aromatic rings. The first-order valence-electron chi connectivity index (χ1n) is 8.70. The zero-order valence-corrected chi connectivity index (χ0v) is 16.4. The third kappa shape index (κ3) is 4.95. The number of hydrogen-bond donors (Lipinski definition) is 1. The number of esters is 1. The summed E-state index contributed by atoms with van der Waals surface area (Å²) in [5.74, 6) is -0.404. The lowest BCUT2D eigenvalue weighted by Gasteiger charge is -2.14. The molecule has 0 aliphatic carbocycles. The lowest BCUT2D eigenvalue weighted by molar-refractivity contribution is -0.152. The molecular formula is C21H20N2O4S. The Morgan fingerprint density at radius 2 is 1.82 bits per heavy atom. The number of hydrogen-bond acceptors (Lipinski definition) is 6. The van der Waals surface area contributed by atoms with Gasteiger partial charge in [-0.15, -0.1) is 11.3 Å². The molecular weight excluding hydrogens is 376 g/mol. The van der Waals surface area contributed by atoms with Crippen molar-refractivity contribution in [2.24, 2.45) is 0 Å². The zero-order valence-electron chi connectivity index (χ0n) is 15.5. The molecule has 0 saturated heterocycles. The maximum absolute atomic E-state index is 12.3. The minimum Gasteiger partial charge on any atom is -0.495 e. The number of carbonyl (C=O) groups is 2. The van der Waals surface area contributed by atoms with E-state index < -0.39 is 18.0 Å². The number of rotatable bonds is 7. The fourth-order valence-corrected chi connectivity index (χ4v) is 3.35. The van der Waals surface area contributed by atoms with Gasteiger partial charge in [0.2, 0.25) is 0 Å². The predicted molar refractivity (Wildman–Crippen MR) is 108 cm³/mol. The van der Waals surface area contributed by atoms with Crippen molar-refractivity contribution in [1.82, 2.24) is 4.98 Å². The summed E-state index contributed by atoms with van der Waals surface area (Å²) in [6.07, 6.45) is -0.931. The van der Waals surface area contributed by atoms with E-state index in [4.69, 9.17) is 9.47 Å². The molecule has 1 aromatic heterocycles. The molecule has 1 amide bonds. The van der Waals surface area contributed by atoms with Gasteiger partial charge in [0.25, 0.3) is 5.91 Å². The largest absolute Gasteiger partial charge is 0.495 e. The summed E-state index contributed by atoms with van der Waals surface area (Å²) in [4.78, 5) is 29.0. The molecule has 1 unspecified atom stereocenters. The normalized spacial score (nSPS) is 11.5. The topological polar surface area (TPSA) is 77.5 Å². The minimum atomic E-state index is -0.940. The molecule has 1 heterocycles. The molecule has 144 valence electrons. The highest BCUT2D eigenvalue weighted by Gasteiger charge is 2.20. The molecule has 0 saturated carbocycles. The van der Waals surface area contributed by atoms with E-state index in [-0.39, 0.29) is 6.42 Å². The third-order valence-electron chi connectivity index (χ3n) is 3.94. The predicted octanol–water partition coefficient (Wildman–Crippen LogP) is 3.93. The van der Waals surface area contributed by atoms with Crippen LogP contribution in [0.15, 0.2) is 60.0 Å². The molecule has 2 aromatic carbocycles. The Morgan fingerprint density at radius 1 is 1.11 bits per heavy atom. The van der Waals surface area contributed by atoms with Crippen LogP contribution in [0.25, 0.3) is 10.6 Å². The van der Waals surface area contributed by atoms with Gasteiger partial charge in [0.15, 0.2) is 6.10 Å². The van der Waals surface area contributed by atoms with E-state index in [1.807, 2.05) is 35.7 Å². The molecule has 0 aliphatic heterocycles. The second-order valence-electron chi connectivity index (χ2n) is 6.01. The van der Waals surface area contributed by atoms with Crippen LogP contribution in [0.4, 0.5) is 5.69 Å². The highest BCUT2D eigenvalue weighted by Crippen LogP contribution is 2.24. The number of methoxy groups -OCH3 is 1. The maximum atomic E-state index is 12.3. The summed E-state index contributed by atoms with van der Waals surface area (Å²) in [6, 6.07) is 16.8. The average molecular weight is 396 g/mol. The third-order valence-corrected chi connectivity index (χ3v) is 4.88. The lowest BCUT2D eigenvalue weighted by atomic mass is 10.2. The monoisotopic (exact) mass is 396 g/mol. The average Bonchev–Trinajstić information content (AvgIpc) is 3.17. The van der Waals surface area contributed by atoms with Crippen molar-refractivity contribution in [3.05, 3.63) is 65.7 Å². The van der Waals surface area contributed by atoms with Gasteiger partial charge in [-0.25, -0.2) is 4.98 Å². The van der Waals surface area contributed by atoms with Crippen LogP contribution in [0.1, 0.15) is 12.6 Å². The van der Waals surface area contributed by atoms with Crippen LogP contribution < -0.4 is 10.1 Å². The first-order valence-corrected chi connectivity index (χ1v) is 9.58. The van der Waals surface area contributed by atoms with Crippen molar-refractivity contribution in [3.8, 4) is 16.3 Å². The van der Waals surface area contributed by atoms with Gasteiger partial charge >= 0.3 is 5.97 Å². The van der Waals surface area contributed by atoms with E-state index in [1.54, 1.807) is 24.3 Å². The lowest BCUT2D eigenvalue weighted by Crippen LogP contribution is -2.30. The van der Waals surface area contributed by atoms with Crippen molar-refractivity contribution >= 4 is 28.9 Å². The summed E-state index contributed by atoms with van der Waals surface area (Å²) in [7, 11) is 1.52. The molecule has 7 heteroatoms. The van der Waals surface area contributed by atoms with Crippen LogP contribution in [0.2, 0.25) is 0 Å². The molecule has 1 N–H and O–H groups in total. The number of amides is 1. The second-order valence-corrected chi connectivity index (χ2v) is 6.87. The summed E-state index contributed by atoms with van der Waals surface area (Å²) in [5.41, 5.74) is 2.13. The quantitative estimate of drug-likeness (QED) is 0.612. The van der Waals surface area contributed by atoms with Crippen LogP contribution in [0.3, 0.4) is 0 Å². The first kappa shape index (κ1) is 19.6. The fourth-order valence-electron chi connectivity index (χ4n) is 2.52. The number of nitrogens with zero attached hydrogens (tertiary/aromatic N) is 1. The Bertz CT molecular complexity index is 956. The minimum absolute atomic E-state index is 0.00954. The van der Waals surface area contributed by atoms with Gasteiger partial charge in [0.1, 0.15) is 10.8 Å². The van der Waals surface area contributed by atoms with Gasteiger partial charge in [-0.05, 0) is 19.1 Å². The van der Waals surface area contributed by atoms with Crippen LogP contribution >= 0.6 is 11.3 Å². The Hall–Kier alpha value is -3.19. The molecule has 6 nitrogen and oxygen atoms in total. The molecule has 0 spiro atoms. The number of carbonyl (C=O) groups excluding carboxylic acids is 2. The van der Waals surface area contributed by atoms with E-state index in [1.165, 1.54) is 25.4 Å². The van der Waals surface area contributed by atoms with Gasteiger partial charge in [-0.3, -0.25) is 9.59 Å². The first-order chi connectivity index (χ1) is 13.6. The molecule has 0 bridgehead atoms. The number of thiazole rings is 1. The van der Waals surface area contributed by atoms with Crippen molar-refractivity contribution in [2.75, 3.05) is 12.4 Å². The Kier molecular flexibility index (Phi) is 6.39. The van der Waals surface area contributed by atoms with Gasteiger partial charge < -0.3 is 14.8 Å².